The molecule has 10 heteroatoms. The van der Waals surface area contributed by atoms with Gasteiger partial charge in [0.15, 0.2) is 0 Å². The summed E-state index contributed by atoms with van der Waals surface area (Å²) in [6.07, 6.45) is -3.70. The molecule has 0 aliphatic carbocycles. The van der Waals surface area contributed by atoms with E-state index in [4.69, 9.17) is 11.6 Å². The smallest absolute Gasteiger partial charge is 0.369 e. The lowest BCUT2D eigenvalue weighted by molar-refractivity contribution is -0.144. The van der Waals surface area contributed by atoms with Crippen molar-refractivity contribution in [2.75, 3.05) is 23.4 Å². The standard InChI is InChI=1S/C11H15F3N6O/c12-11(13,14)10-17-7(19-16)5-8(18-10)20-3-1-6(2-4-20)9(15)21/h5-6H,1-4,16H2,(H2,15,21)(H,17,18,19). The summed E-state index contributed by atoms with van der Waals surface area (Å²) in [6.45, 7) is 0.790. The van der Waals surface area contributed by atoms with Gasteiger partial charge < -0.3 is 16.1 Å². The molecule has 1 aromatic rings. The van der Waals surface area contributed by atoms with Gasteiger partial charge in [-0.3, -0.25) is 4.79 Å². The van der Waals surface area contributed by atoms with Crippen LogP contribution >= 0.6 is 0 Å². The van der Waals surface area contributed by atoms with Crippen molar-refractivity contribution in [3.8, 4) is 0 Å². The van der Waals surface area contributed by atoms with E-state index in [1.165, 1.54) is 6.07 Å². The zero-order valence-electron chi connectivity index (χ0n) is 11.0. The molecule has 1 aliphatic heterocycles. The third kappa shape index (κ3) is 3.51. The molecule has 1 amide bonds. The molecule has 0 spiro atoms. The van der Waals surface area contributed by atoms with E-state index in [2.05, 4.69) is 15.4 Å². The van der Waals surface area contributed by atoms with Crippen LogP contribution in [0.1, 0.15) is 18.7 Å². The number of nitrogens with two attached hydrogens (primary N) is 2. The van der Waals surface area contributed by atoms with Crippen LogP contribution in [0.3, 0.4) is 0 Å². The number of nitrogens with zero attached hydrogens (tertiary/aromatic N) is 3. The van der Waals surface area contributed by atoms with Crippen molar-refractivity contribution in [1.29, 1.82) is 0 Å². The Morgan fingerprint density at radius 3 is 2.43 bits per heavy atom. The normalized spacial score (nSPS) is 16.9. The number of hydrogen-bond donors (Lipinski definition) is 3. The predicted octanol–water partition coefficient (Wildman–Crippen LogP) is 0.483. The summed E-state index contributed by atoms with van der Waals surface area (Å²) in [5.41, 5.74) is 7.31. The third-order valence-electron chi connectivity index (χ3n) is 3.34. The Balaban J connectivity index is 2.22. The summed E-state index contributed by atoms with van der Waals surface area (Å²) in [5, 5.41) is 0. The summed E-state index contributed by atoms with van der Waals surface area (Å²) >= 11 is 0. The van der Waals surface area contributed by atoms with Gasteiger partial charge in [-0.2, -0.15) is 13.2 Å². The van der Waals surface area contributed by atoms with E-state index in [0.717, 1.165) is 0 Å². The first-order valence-electron chi connectivity index (χ1n) is 6.28. The Morgan fingerprint density at radius 1 is 1.33 bits per heavy atom. The second-order valence-electron chi connectivity index (χ2n) is 4.74. The molecule has 0 aromatic carbocycles. The molecule has 5 N–H and O–H groups in total. The highest BCUT2D eigenvalue weighted by Crippen LogP contribution is 2.30. The number of primary amides is 1. The van der Waals surface area contributed by atoms with Crippen molar-refractivity contribution < 1.29 is 18.0 Å². The van der Waals surface area contributed by atoms with Crippen LogP contribution in [-0.4, -0.2) is 29.0 Å². The number of hydrazine groups is 1. The van der Waals surface area contributed by atoms with Crippen LogP contribution < -0.4 is 21.9 Å². The Morgan fingerprint density at radius 2 is 1.95 bits per heavy atom. The van der Waals surface area contributed by atoms with Crippen LogP contribution in [0.4, 0.5) is 24.8 Å². The van der Waals surface area contributed by atoms with E-state index >= 15 is 0 Å². The summed E-state index contributed by atoms with van der Waals surface area (Å²) < 4.78 is 38.2. The average Bonchev–Trinajstić information content (AvgIpc) is 2.46. The van der Waals surface area contributed by atoms with Crippen molar-refractivity contribution in [1.82, 2.24) is 9.97 Å². The Bertz CT molecular complexity index is 527. The molecule has 1 aromatic heterocycles. The van der Waals surface area contributed by atoms with Crippen LogP contribution in [0, 0.1) is 5.92 Å². The lowest BCUT2D eigenvalue weighted by Crippen LogP contribution is -2.39. The zero-order chi connectivity index (χ0) is 15.6. The zero-order valence-corrected chi connectivity index (χ0v) is 11.0. The topological polar surface area (TPSA) is 110 Å². The molecule has 1 fully saturated rings. The number of carbonyl (C=O) groups is 1. The number of alkyl halides is 3. The second-order valence-corrected chi connectivity index (χ2v) is 4.74. The minimum absolute atomic E-state index is 0.119. The third-order valence-corrected chi connectivity index (χ3v) is 3.34. The van der Waals surface area contributed by atoms with Crippen LogP contribution in [0.2, 0.25) is 0 Å². The molecule has 2 heterocycles. The first-order valence-corrected chi connectivity index (χ1v) is 6.28. The minimum Gasteiger partial charge on any atom is -0.369 e. The number of nitrogen functional groups attached to an aromatic ring is 1. The van der Waals surface area contributed by atoms with Gasteiger partial charge in [0.05, 0.1) is 0 Å². The van der Waals surface area contributed by atoms with E-state index in [1.807, 2.05) is 0 Å². The molecule has 0 atom stereocenters. The highest BCUT2D eigenvalue weighted by Gasteiger charge is 2.36. The van der Waals surface area contributed by atoms with E-state index in [0.29, 0.717) is 25.9 Å². The molecule has 7 nitrogen and oxygen atoms in total. The number of nitrogens with one attached hydrogen (secondary N) is 1. The van der Waals surface area contributed by atoms with Crippen LogP contribution in [0.25, 0.3) is 0 Å². The lowest BCUT2D eigenvalue weighted by atomic mass is 9.96. The van der Waals surface area contributed by atoms with Gasteiger partial charge in [-0.1, -0.05) is 0 Å². The maximum atomic E-state index is 12.7. The molecule has 1 aliphatic rings. The molecular formula is C11H15F3N6O. The molecule has 0 bridgehead atoms. The Labute approximate surface area is 118 Å². The fourth-order valence-electron chi connectivity index (χ4n) is 2.19. The van der Waals surface area contributed by atoms with Gasteiger partial charge in [0, 0.05) is 25.1 Å². The molecule has 1 saturated heterocycles. The number of rotatable bonds is 3. The average molecular weight is 304 g/mol. The van der Waals surface area contributed by atoms with Crippen molar-refractivity contribution in [3.05, 3.63) is 11.9 Å². The highest BCUT2D eigenvalue weighted by atomic mass is 19.4. The molecule has 0 saturated carbocycles. The van der Waals surface area contributed by atoms with Gasteiger partial charge in [0.2, 0.25) is 11.7 Å². The van der Waals surface area contributed by atoms with E-state index in [9.17, 15) is 18.0 Å². The minimum atomic E-state index is -4.66. The molecule has 116 valence electrons. The van der Waals surface area contributed by atoms with Crippen LogP contribution in [-0.2, 0) is 11.0 Å². The molecule has 0 radical (unpaired) electrons. The fraction of sp³-hybridized carbons (Fsp3) is 0.545. The molecule has 21 heavy (non-hydrogen) atoms. The lowest BCUT2D eigenvalue weighted by Gasteiger charge is -2.31. The number of halogens is 3. The predicted molar refractivity (Wildman–Crippen MR) is 69.0 cm³/mol. The molecular weight excluding hydrogens is 289 g/mol. The maximum absolute atomic E-state index is 12.7. The van der Waals surface area contributed by atoms with Crippen LogP contribution in [0.5, 0.6) is 0 Å². The number of piperidine rings is 1. The summed E-state index contributed by atoms with van der Waals surface area (Å²) in [4.78, 5) is 19.5. The van der Waals surface area contributed by atoms with Gasteiger partial charge in [-0.15, -0.1) is 0 Å². The Hall–Kier alpha value is -2.10. The monoisotopic (exact) mass is 304 g/mol. The van der Waals surface area contributed by atoms with Crippen LogP contribution in [0.15, 0.2) is 6.07 Å². The quantitative estimate of drug-likeness (QED) is 0.553. The van der Waals surface area contributed by atoms with E-state index in [-0.39, 0.29) is 17.6 Å². The summed E-state index contributed by atoms with van der Waals surface area (Å²) in [7, 11) is 0. The van der Waals surface area contributed by atoms with Crippen molar-refractivity contribution in [2.24, 2.45) is 17.5 Å². The van der Waals surface area contributed by atoms with E-state index < -0.39 is 17.9 Å². The molecule has 0 unspecified atom stereocenters. The first kappa shape index (κ1) is 15.3. The van der Waals surface area contributed by atoms with Crippen molar-refractivity contribution in [3.63, 3.8) is 0 Å². The van der Waals surface area contributed by atoms with Gasteiger partial charge in [-0.25, -0.2) is 15.8 Å². The number of anilines is 2. The fourth-order valence-corrected chi connectivity index (χ4v) is 2.19. The van der Waals surface area contributed by atoms with E-state index in [1.54, 1.807) is 4.90 Å². The highest BCUT2D eigenvalue weighted by molar-refractivity contribution is 5.77. The molecule has 2 rings (SSSR count). The van der Waals surface area contributed by atoms with Gasteiger partial charge in [-0.05, 0) is 12.8 Å². The van der Waals surface area contributed by atoms with Crippen molar-refractivity contribution in [2.45, 2.75) is 19.0 Å². The maximum Gasteiger partial charge on any atom is 0.451 e. The SMILES string of the molecule is NNc1cc(N2CCC(C(N)=O)CC2)nc(C(F)(F)F)n1. The Kier molecular flexibility index (Phi) is 4.16. The second kappa shape index (κ2) is 5.72. The number of aromatic nitrogens is 2. The largest absolute Gasteiger partial charge is 0.451 e. The van der Waals surface area contributed by atoms with Gasteiger partial charge in [0.25, 0.3) is 0 Å². The first-order chi connectivity index (χ1) is 9.81. The van der Waals surface area contributed by atoms with Gasteiger partial charge in [0.1, 0.15) is 11.6 Å². The number of hydrogen-bond acceptors (Lipinski definition) is 6. The summed E-state index contributed by atoms with van der Waals surface area (Å²) in [6, 6.07) is 1.33. The number of carbonyl (C=O) groups excluding carboxylic acids is 1. The van der Waals surface area contributed by atoms with Crippen molar-refractivity contribution >= 4 is 17.5 Å². The van der Waals surface area contributed by atoms with Gasteiger partial charge >= 0.3 is 6.18 Å². The number of amides is 1. The summed E-state index contributed by atoms with van der Waals surface area (Å²) in [5.74, 6) is 3.23.